The molecule has 2 rings (SSSR count). The Morgan fingerprint density at radius 2 is 1.88 bits per heavy atom. The van der Waals surface area contributed by atoms with Crippen LogP contribution in [0.4, 0.5) is 10.1 Å². The normalized spacial score (nSPS) is 12.1. The van der Waals surface area contributed by atoms with Gasteiger partial charge in [0.25, 0.3) is 5.56 Å². The summed E-state index contributed by atoms with van der Waals surface area (Å²) in [4.78, 5) is 29.2. The van der Waals surface area contributed by atoms with E-state index in [-0.39, 0.29) is 41.5 Å². The zero-order chi connectivity index (χ0) is 18.6. The van der Waals surface area contributed by atoms with Crippen LogP contribution < -0.4 is 16.2 Å². The minimum absolute atomic E-state index is 0.0158. The Morgan fingerprint density at radius 1 is 1.24 bits per heavy atom. The van der Waals surface area contributed by atoms with Gasteiger partial charge in [-0.2, -0.15) is 0 Å². The van der Waals surface area contributed by atoms with E-state index in [1.54, 1.807) is 7.05 Å². The minimum Gasteiger partial charge on any atom is -0.382 e. The summed E-state index contributed by atoms with van der Waals surface area (Å²) in [6.45, 7) is 5.76. The van der Waals surface area contributed by atoms with E-state index in [9.17, 15) is 14.0 Å². The number of carbonyl (C=O) groups is 1. The van der Waals surface area contributed by atoms with E-state index >= 15 is 0 Å². The first-order chi connectivity index (χ1) is 11.8. The molecule has 25 heavy (non-hydrogen) atoms. The number of hydrogen-bond acceptors (Lipinski definition) is 4. The number of hydrogen-bond donors (Lipinski definition) is 2. The molecule has 0 saturated carbocycles. The third-order valence-corrected chi connectivity index (χ3v) is 4.11. The van der Waals surface area contributed by atoms with Crippen LogP contribution in [0.25, 0.3) is 11.4 Å². The van der Waals surface area contributed by atoms with Crippen LogP contribution in [0.2, 0.25) is 0 Å². The van der Waals surface area contributed by atoms with Crippen molar-refractivity contribution in [1.82, 2.24) is 14.9 Å². The molecule has 0 bridgehead atoms. The molecule has 1 unspecified atom stereocenters. The Morgan fingerprint density at radius 3 is 2.44 bits per heavy atom. The average molecular weight is 346 g/mol. The van der Waals surface area contributed by atoms with Crippen LogP contribution in [-0.4, -0.2) is 28.5 Å². The molecule has 0 fully saturated rings. The van der Waals surface area contributed by atoms with Gasteiger partial charge in [0.15, 0.2) is 0 Å². The molecule has 0 radical (unpaired) electrons. The van der Waals surface area contributed by atoms with Gasteiger partial charge in [0.1, 0.15) is 23.9 Å². The summed E-state index contributed by atoms with van der Waals surface area (Å²) >= 11 is 0. The van der Waals surface area contributed by atoms with Crippen molar-refractivity contribution in [3.8, 4) is 11.4 Å². The maximum Gasteiger partial charge on any atom is 0.277 e. The highest BCUT2D eigenvalue weighted by Crippen LogP contribution is 2.17. The summed E-state index contributed by atoms with van der Waals surface area (Å²) in [5, 5.41) is 5.64. The maximum atomic E-state index is 13.2. The summed E-state index contributed by atoms with van der Waals surface area (Å²) in [6, 6.07) is 5.62. The number of halogens is 1. The molecule has 0 saturated heterocycles. The van der Waals surface area contributed by atoms with Crippen molar-refractivity contribution in [2.24, 2.45) is 5.92 Å². The van der Waals surface area contributed by atoms with Crippen LogP contribution in [0.5, 0.6) is 0 Å². The number of anilines is 1. The Labute approximate surface area is 146 Å². The molecule has 0 spiro atoms. The van der Waals surface area contributed by atoms with E-state index in [0.29, 0.717) is 11.4 Å². The van der Waals surface area contributed by atoms with Crippen molar-refractivity contribution < 1.29 is 9.18 Å². The number of rotatable bonds is 6. The average Bonchev–Trinajstić information content (AvgIpc) is 2.57. The number of nitrogens with one attached hydrogen (secondary N) is 2. The van der Waals surface area contributed by atoms with E-state index < -0.39 is 0 Å². The first-order valence-corrected chi connectivity index (χ1v) is 8.16. The molecule has 2 N–H and O–H groups in total. The van der Waals surface area contributed by atoms with Crippen LogP contribution in [0.3, 0.4) is 0 Å². The van der Waals surface area contributed by atoms with Crippen molar-refractivity contribution in [2.45, 2.75) is 33.4 Å². The van der Waals surface area contributed by atoms with Gasteiger partial charge in [0.2, 0.25) is 5.91 Å². The quantitative estimate of drug-likeness (QED) is 0.841. The topological polar surface area (TPSA) is 76.0 Å². The Kier molecular flexibility index (Phi) is 5.90. The Bertz CT molecular complexity index is 800. The molecule has 134 valence electrons. The van der Waals surface area contributed by atoms with E-state index in [2.05, 4.69) is 15.6 Å². The highest BCUT2D eigenvalue weighted by Gasteiger charge is 2.17. The van der Waals surface area contributed by atoms with E-state index in [4.69, 9.17) is 0 Å². The molecule has 0 aliphatic rings. The standard InChI is InChI=1S/C18H23FN4O2/c1-11(2)12(3)22-16(24)10-23-17(13-5-7-14(19)8-6-13)21-9-15(20-4)18(23)25/h5-9,11-12,20H,10H2,1-4H3,(H,22,24). The van der Waals surface area contributed by atoms with Gasteiger partial charge < -0.3 is 10.6 Å². The number of amides is 1. The predicted molar refractivity (Wildman–Crippen MR) is 95.9 cm³/mol. The van der Waals surface area contributed by atoms with Crippen molar-refractivity contribution in [1.29, 1.82) is 0 Å². The number of benzene rings is 1. The van der Waals surface area contributed by atoms with E-state index in [1.165, 1.54) is 35.0 Å². The molecule has 1 aromatic heterocycles. The zero-order valence-corrected chi connectivity index (χ0v) is 14.8. The summed E-state index contributed by atoms with van der Waals surface area (Å²) in [7, 11) is 1.61. The zero-order valence-electron chi connectivity index (χ0n) is 14.8. The lowest BCUT2D eigenvalue weighted by Crippen LogP contribution is -2.40. The maximum absolute atomic E-state index is 13.2. The lowest BCUT2D eigenvalue weighted by Gasteiger charge is -2.19. The number of aromatic nitrogens is 2. The number of nitrogens with zero attached hydrogens (tertiary/aromatic N) is 2. The highest BCUT2D eigenvalue weighted by molar-refractivity contribution is 5.77. The van der Waals surface area contributed by atoms with Crippen LogP contribution in [0.15, 0.2) is 35.3 Å². The minimum atomic E-state index is -0.381. The van der Waals surface area contributed by atoms with Gasteiger partial charge in [0.05, 0.1) is 6.20 Å². The van der Waals surface area contributed by atoms with Gasteiger partial charge in [-0.3, -0.25) is 14.2 Å². The molecule has 2 aromatic rings. The van der Waals surface area contributed by atoms with Gasteiger partial charge in [0, 0.05) is 18.7 Å². The second-order valence-electron chi connectivity index (χ2n) is 6.24. The lowest BCUT2D eigenvalue weighted by atomic mass is 10.1. The molecule has 6 nitrogen and oxygen atoms in total. The molecule has 0 aliphatic heterocycles. The highest BCUT2D eigenvalue weighted by atomic mass is 19.1. The van der Waals surface area contributed by atoms with Gasteiger partial charge in [-0.25, -0.2) is 9.37 Å². The Balaban J connectivity index is 2.41. The van der Waals surface area contributed by atoms with Gasteiger partial charge in [-0.15, -0.1) is 0 Å². The number of carbonyl (C=O) groups excluding carboxylic acids is 1. The molecule has 1 amide bonds. The van der Waals surface area contributed by atoms with Crippen molar-refractivity contribution >= 4 is 11.6 Å². The lowest BCUT2D eigenvalue weighted by molar-refractivity contribution is -0.122. The fourth-order valence-corrected chi connectivity index (χ4v) is 2.25. The summed E-state index contributed by atoms with van der Waals surface area (Å²) in [5.41, 5.74) is 0.491. The van der Waals surface area contributed by atoms with Crippen LogP contribution in [0, 0.1) is 11.7 Å². The molecule has 1 heterocycles. The molecule has 1 aromatic carbocycles. The molecular weight excluding hydrogens is 323 g/mol. The Hall–Kier alpha value is -2.70. The fraction of sp³-hybridized carbons (Fsp3) is 0.389. The van der Waals surface area contributed by atoms with Gasteiger partial charge >= 0.3 is 0 Å². The second-order valence-corrected chi connectivity index (χ2v) is 6.24. The third kappa shape index (κ3) is 4.43. The predicted octanol–water partition coefficient (Wildman–Crippen LogP) is 2.25. The first-order valence-electron chi connectivity index (χ1n) is 8.16. The molecule has 7 heteroatoms. The monoisotopic (exact) mass is 346 g/mol. The van der Waals surface area contributed by atoms with Crippen LogP contribution >= 0.6 is 0 Å². The smallest absolute Gasteiger partial charge is 0.277 e. The van der Waals surface area contributed by atoms with Crippen LogP contribution in [-0.2, 0) is 11.3 Å². The van der Waals surface area contributed by atoms with E-state index in [0.717, 1.165) is 0 Å². The van der Waals surface area contributed by atoms with Crippen LogP contribution in [0.1, 0.15) is 20.8 Å². The summed E-state index contributed by atoms with van der Waals surface area (Å²) in [5.74, 6) is -0.0648. The van der Waals surface area contributed by atoms with Gasteiger partial charge in [-0.1, -0.05) is 13.8 Å². The molecule has 0 aliphatic carbocycles. The van der Waals surface area contributed by atoms with Gasteiger partial charge in [-0.05, 0) is 37.1 Å². The van der Waals surface area contributed by atoms with Crippen molar-refractivity contribution in [3.63, 3.8) is 0 Å². The fourth-order valence-electron chi connectivity index (χ4n) is 2.25. The molecule has 1 atom stereocenters. The van der Waals surface area contributed by atoms with Crippen molar-refractivity contribution in [2.75, 3.05) is 12.4 Å². The van der Waals surface area contributed by atoms with E-state index in [1.807, 2.05) is 20.8 Å². The second kappa shape index (κ2) is 7.92. The SMILES string of the molecule is CNc1cnc(-c2ccc(F)cc2)n(CC(=O)NC(C)C(C)C)c1=O. The first kappa shape index (κ1) is 18.6. The third-order valence-electron chi connectivity index (χ3n) is 4.11. The van der Waals surface area contributed by atoms with Crippen molar-refractivity contribution in [3.05, 3.63) is 46.6 Å². The molecular formula is C18H23FN4O2. The summed E-state index contributed by atoms with van der Waals surface area (Å²) < 4.78 is 14.5. The largest absolute Gasteiger partial charge is 0.382 e. The summed E-state index contributed by atoms with van der Waals surface area (Å²) in [6.07, 6.45) is 1.41.